The van der Waals surface area contributed by atoms with Gasteiger partial charge in [-0.2, -0.15) is 0 Å². The molecule has 0 atom stereocenters. The quantitative estimate of drug-likeness (QED) is 0.410. The monoisotopic (exact) mass is 181 g/mol. The summed E-state index contributed by atoms with van der Waals surface area (Å²) in [6, 6.07) is 0. The summed E-state index contributed by atoms with van der Waals surface area (Å²) in [5.74, 6) is -0.542. The SMILES string of the molecule is N#[N+]C=C(O)c1c[nH]c(=O)[nH]c1=O. The highest BCUT2D eigenvalue weighted by Gasteiger charge is 2.08. The molecule has 0 fully saturated rings. The van der Waals surface area contributed by atoms with Crippen molar-refractivity contribution in [3.63, 3.8) is 0 Å². The Bertz CT molecular complexity index is 490. The smallest absolute Gasteiger partial charge is 0.392 e. The molecule has 0 amide bonds. The van der Waals surface area contributed by atoms with Gasteiger partial charge < -0.3 is 10.1 Å². The van der Waals surface area contributed by atoms with Crippen molar-refractivity contribution in [3.05, 3.63) is 43.8 Å². The molecular weight excluding hydrogens is 176 g/mol. The third kappa shape index (κ3) is 1.81. The fourth-order valence-electron chi connectivity index (χ4n) is 0.724. The first-order valence-electron chi connectivity index (χ1n) is 3.21. The summed E-state index contributed by atoms with van der Waals surface area (Å²) in [4.78, 5) is 28.0. The molecule has 0 bridgehead atoms. The summed E-state index contributed by atoms with van der Waals surface area (Å²) in [5.41, 5.74) is -1.62. The largest absolute Gasteiger partial charge is 0.501 e. The summed E-state index contributed by atoms with van der Waals surface area (Å²) in [6.45, 7) is 0. The van der Waals surface area contributed by atoms with E-state index < -0.39 is 17.0 Å². The summed E-state index contributed by atoms with van der Waals surface area (Å²) in [6.07, 6.45) is 1.68. The van der Waals surface area contributed by atoms with Crippen LogP contribution in [0.15, 0.2) is 22.0 Å². The minimum absolute atomic E-state index is 0.183. The molecule has 0 aliphatic carbocycles. The molecule has 0 aliphatic rings. The Kier molecular flexibility index (Phi) is 2.26. The minimum Gasteiger partial charge on any atom is -0.501 e. The highest BCUT2D eigenvalue weighted by molar-refractivity contribution is 5.56. The van der Waals surface area contributed by atoms with Gasteiger partial charge in [0, 0.05) is 6.20 Å². The number of rotatable bonds is 1. The lowest BCUT2D eigenvalue weighted by Gasteiger charge is -1.91. The zero-order valence-corrected chi connectivity index (χ0v) is 6.31. The molecule has 0 saturated carbocycles. The van der Waals surface area contributed by atoms with Crippen molar-refractivity contribution in [1.29, 1.82) is 5.39 Å². The summed E-state index contributed by atoms with van der Waals surface area (Å²) in [5, 5.41) is 17.1. The van der Waals surface area contributed by atoms with E-state index in [2.05, 4.69) is 9.96 Å². The van der Waals surface area contributed by atoms with E-state index in [4.69, 9.17) is 10.5 Å². The third-order valence-corrected chi connectivity index (χ3v) is 1.28. The Morgan fingerprint density at radius 1 is 1.62 bits per heavy atom. The maximum Gasteiger partial charge on any atom is 0.392 e. The molecule has 0 saturated heterocycles. The number of diazo groups is 1. The van der Waals surface area contributed by atoms with Crippen LogP contribution in [0.25, 0.3) is 10.7 Å². The van der Waals surface area contributed by atoms with Crippen LogP contribution in [0, 0.1) is 5.39 Å². The third-order valence-electron chi connectivity index (χ3n) is 1.28. The van der Waals surface area contributed by atoms with Crippen molar-refractivity contribution >= 4 is 5.76 Å². The first-order chi connectivity index (χ1) is 6.15. The number of hydrogen-bond acceptors (Lipinski definition) is 4. The van der Waals surface area contributed by atoms with E-state index in [1.165, 1.54) is 0 Å². The van der Waals surface area contributed by atoms with E-state index in [1.807, 2.05) is 4.98 Å². The Morgan fingerprint density at radius 2 is 2.31 bits per heavy atom. The predicted molar refractivity (Wildman–Crippen MR) is 43.4 cm³/mol. The number of nitrogens with one attached hydrogen (secondary N) is 2. The van der Waals surface area contributed by atoms with Crippen LogP contribution in [0.5, 0.6) is 0 Å². The number of H-pyrrole nitrogens is 2. The second kappa shape index (κ2) is 3.36. The van der Waals surface area contributed by atoms with E-state index in [0.29, 0.717) is 6.20 Å². The van der Waals surface area contributed by atoms with Gasteiger partial charge in [-0.3, -0.25) is 9.78 Å². The number of hydrogen-bond donors (Lipinski definition) is 3. The molecule has 0 aromatic carbocycles. The van der Waals surface area contributed by atoms with Crippen LogP contribution in [-0.2, 0) is 0 Å². The molecular formula is C6H5N4O3+. The maximum atomic E-state index is 11.0. The van der Waals surface area contributed by atoms with Crippen molar-refractivity contribution in [2.75, 3.05) is 0 Å². The van der Waals surface area contributed by atoms with Crippen LogP contribution < -0.4 is 11.2 Å². The molecule has 0 aliphatic heterocycles. The van der Waals surface area contributed by atoms with Gasteiger partial charge in [0.15, 0.2) is 4.98 Å². The van der Waals surface area contributed by atoms with E-state index in [1.54, 1.807) is 0 Å². The zero-order chi connectivity index (χ0) is 9.84. The van der Waals surface area contributed by atoms with Crippen molar-refractivity contribution in [1.82, 2.24) is 9.97 Å². The van der Waals surface area contributed by atoms with Gasteiger partial charge in [0.2, 0.25) is 11.2 Å². The summed E-state index contributed by atoms with van der Waals surface area (Å²) >= 11 is 0. The topological polar surface area (TPSA) is 114 Å². The van der Waals surface area contributed by atoms with Crippen LogP contribution in [-0.4, -0.2) is 15.1 Å². The first-order valence-corrected chi connectivity index (χ1v) is 3.21. The van der Waals surface area contributed by atoms with Crippen molar-refractivity contribution in [3.8, 4) is 0 Å². The second-order valence-electron chi connectivity index (χ2n) is 2.12. The van der Waals surface area contributed by atoms with E-state index in [9.17, 15) is 9.59 Å². The molecule has 0 unspecified atom stereocenters. The predicted octanol–water partition coefficient (Wildman–Crippen LogP) is -0.227. The highest BCUT2D eigenvalue weighted by Crippen LogP contribution is 2.01. The number of nitrogens with zero attached hydrogens (tertiary/aromatic N) is 2. The average molecular weight is 181 g/mol. The fraction of sp³-hybridized carbons (Fsp3) is 0. The molecule has 3 N–H and O–H groups in total. The van der Waals surface area contributed by atoms with E-state index in [0.717, 1.165) is 6.20 Å². The Balaban J connectivity index is 3.35. The van der Waals surface area contributed by atoms with Gasteiger partial charge in [-0.15, -0.1) is 0 Å². The molecule has 0 radical (unpaired) electrons. The Morgan fingerprint density at radius 3 is 2.85 bits per heavy atom. The van der Waals surface area contributed by atoms with Gasteiger partial charge in [-0.05, 0) is 0 Å². The van der Waals surface area contributed by atoms with Gasteiger partial charge in [-0.25, -0.2) is 4.79 Å². The number of aromatic nitrogens is 2. The van der Waals surface area contributed by atoms with Gasteiger partial charge in [-0.1, -0.05) is 0 Å². The molecule has 1 aromatic rings. The number of aromatic amines is 2. The molecule has 66 valence electrons. The van der Waals surface area contributed by atoms with Crippen molar-refractivity contribution in [2.45, 2.75) is 0 Å². The lowest BCUT2D eigenvalue weighted by atomic mass is 10.3. The summed E-state index contributed by atoms with van der Waals surface area (Å²) < 4.78 is 0. The Hall–Kier alpha value is -2.36. The maximum absolute atomic E-state index is 11.0. The normalized spacial score (nSPS) is 10.8. The van der Waals surface area contributed by atoms with Crippen LogP contribution >= 0.6 is 0 Å². The molecule has 1 rings (SSSR count). The second-order valence-corrected chi connectivity index (χ2v) is 2.12. The summed E-state index contributed by atoms with van der Waals surface area (Å²) in [7, 11) is 0. The molecule has 13 heavy (non-hydrogen) atoms. The molecule has 7 heteroatoms. The average Bonchev–Trinajstić information content (AvgIpc) is 2.04. The standard InChI is InChI=1S/C6H4N4O3/c7-9-2-4(11)3-1-8-6(13)10-5(3)12/h1-2H,(H2-,8,10,11,12,13)/p+1. The molecule has 0 spiro atoms. The number of aliphatic hydroxyl groups is 1. The van der Waals surface area contributed by atoms with Gasteiger partial charge >= 0.3 is 11.9 Å². The highest BCUT2D eigenvalue weighted by atomic mass is 16.3. The van der Waals surface area contributed by atoms with Crippen LogP contribution in [0.4, 0.5) is 0 Å². The molecule has 1 heterocycles. The van der Waals surface area contributed by atoms with E-state index >= 15 is 0 Å². The first kappa shape index (κ1) is 8.73. The molecule has 1 aromatic heterocycles. The van der Waals surface area contributed by atoms with Crippen LogP contribution in [0.1, 0.15) is 5.56 Å². The van der Waals surface area contributed by atoms with Gasteiger partial charge in [0.05, 0.1) is 0 Å². The molecule has 7 nitrogen and oxygen atoms in total. The Labute approximate surface area is 71.0 Å². The van der Waals surface area contributed by atoms with E-state index in [-0.39, 0.29) is 5.56 Å². The lowest BCUT2D eigenvalue weighted by Crippen LogP contribution is -2.24. The van der Waals surface area contributed by atoms with Gasteiger partial charge in [0.25, 0.3) is 5.56 Å². The van der Waals surface area contributed by atoms with Crippen molar-refractivity contribution in [2.24, 2.45) is 0 Å². The van der Waals surface area contributed by atoms with Crippen LogP contribution in [0.3, 0.4) is 0 Å². The lowest BCUT2D eigenvalue weighted by molar-refractivity contribution is 0.510. The van der Waals surface area contributed by atoms with Crippen molar-refractivity contribution < 1.29 is 5.11 Å². The zero-order valence-electron chi connectivity index (χ0n) is 6.31. The minimum atomic E-state index is -0.763. The van der Waals surface area contributed by atoms with Crippen LogP contribution in [0.2, 0.25) is 0 Å². The number of aliphatic hydroxyl groups excluding tert-OH is 1. The van der Waals surface area contributed by atoms with Gasteiger partial charge in [0.1, 0.15) is 5.56 Å². The fourth-order valence-corrected chi connectivity index (χ4v) is 0.724.